The molecule has 6 nitrogen and oxygen atoms in total. The molecule has 0 N–H and O–H groups in total. The van der Waals surface area contributed by atoms with Gasteiger partial charge in [-0.1, -0.05) is 174 Å². The third kappa shape index (κ3) is 22.9. The number of rotatable bonds is 16. The molecule has 0 fully saturated rings. The van der Waals surface area contributed by atoms with Crippen LogP contribution in [0.25, 0.3) is 21.3 Å². The Hall–Kier alpha value is -0.197. The molecule has 7 heteroatoms. The van der Waals surface area contributed by atoms with E-state index in [2.05, 4.69) is 138 Å². The number of hydrogen-bond donors (Lipinski definition) is 0. The number of hydrogen-bond acceptors (Lipinski definition) is 2. The molecule has 0 rings (SSSR count). The summed E-state index contributed by atoms with van der Waals surface area (Å²) >= 11 is 0. The average molecular weight is 668 g/mol. The van der Waals surface area contributed by atoms with E-state index >= 15 is 0 Å². The monoisotopic (exact) mass is 668 g/mol. The fourth-order valence-electron chi connectivity index (χ4n) is 2.81. The van der Waals surface area contributed by atoms with Crippen molar-refractivity contribution < 1.29 is 29.1 Å². The minimum atomic E-state index is 0. The first kappa shape index (κ1) is 50.4. The molecule has 0 saturated heterocycles. The van der Waals surface area contributed by atoms with Crippen molar-refractivity contribution in [3.05, 3.63) is 21.3 Å². The molecule has 0 spiro atoms. The molecule has 246 valence electrons. The van der Waals surface area contributed by atoms with E-state index in [1.54, 1.807) is 0 Å². The summed E-state index contributed by atoms with van der Waals surface area (Å²) in [5.41, 5.74) is 0.349. The first-order chi connectivity index (χ1) is 18.0. The fraction of sp³-hybridized carbons (Fsp3) is 0.941. The van der Waals surface area contributed by atoms with Gasteiger partial charge in [-0.15, -0.1) is 22.2 Å². The molecule has 0 aromatic carbocycles. The van der Waals surface area contributed by atoms with Gasteiger partial charge >= 0.3 is 19.5 Å². The third-order valence-corrected chi connectivity index (χ3v) is 8.57. The third-order valence-electron chi connectivity index (χ3n) is 8.57. The minimum Gasteiger partial charge on any atom is -0.672 e. The summed E-state index contributed by atoms with van der Waals surface area (Å²) in [5, 5.41) is 20.1. The smallest absolute Gasteiger partial charge is 0.672 e. The molecular formula is C34H70N4O2Ru. The summed E-state index contributed by atoms with van der Waals surface area (Å²) in [7, 11) is 0. The predicted molar refractivity (Wildman–Crippen MR) is 180 cm³/mol. The second kappa shape index (κ2) is 22.3. The SMILES string of the molecule is CCC(C)(C)[N-]C([N-]C(C)(C)CC)C(C)(C)CC.CCC(C)(C)[N-]C([N-]C(C)(C)CC)C(C)(C)CC.[CH-]=O.[CH-]=O.[Ru+6]. The Labute approximate surface area is 271 Å². The zero-order valence-electron chi connectivity index (χ0n) is 30.5. The zero-order valence-corrected chi connectivity index (χ0v) is 32.2. The Balaban J connectivity index is -0.000000184. The Morgan fingerprint density at radius 1 is 0.390 bits per heavy atom. The summed E-state index contributed by atoms with van der Waals surface area (Å²) in [4.78, 5) is 15.5. The van der Waals surface area contributed by atoms with Gasteiger partial charge in [-0.05, 0) is 0 Å². The first-order valence-electron chi connectivity index (χ1n) is 15.3. The molecule has 41 heavy (non-hydrogen) atoms. The van der Waals surface area contributed by atoms with Crippen LogP contribution >= 0.6 is 0 Å². The van der Waals surface area contributed by atoms with Gasteiger partial charge in [0.05, 0.1) is 0 Å². The molecular weight excluding hydrogens is 597 g/mol. The van der Waals surface area contributed by atoms with E-state index in [4.69, 9.17) is 30.9 Å². The van der Waals surface area contributed by atoms with Crippen LogP contribution in [0.1, 0.15) is 163 Å². The van der Waals surface area contributed by atoms with Gasteiger partial charge in [-0.3, -0.25) is 13.6 Å². The van der Waals surface area contributed by atoms with E-state index in [1.807, 2.05) is 0 Å². The molecule has 0 aliphatic rings. The fourth-order valence-corrected chi connectivity index (χ4v) is 2.81. The van der Waals surface area contributed by atoms with Crippen LogP contribution in [0.3, 0.4) is 0 Å². The Bertz CT molecular complexity index is 544. The second-order valence-electron chi connectivity index (χ2n) is 14.6. The maximum Gasteiger partial charge on any atom is 6.00 e. The summed E-state index contributed by atoms with van der Waals surface area (Å²) in [6, 6.07) is 0. The molecule has 0 aliphatic heterocycles. The van der Waals surface area contributed by atoms with E-state index in [9.17, 15) is 0 Å². The van der Waals surface area contributed by atoms with Crippen molar-refractivity contribution in [2.75, 3.05) is 0 Å². The topological polar surface area (TPSA) is 90.5 Å². The van der Waals surface area contributed by atoms with Crippen molar-refractivity contribution >= 4 is 13.6 Å². The summed E-state index contributed by atoms with van der Waals surface area (Å²) in [5.74, 6) is 0. The van der Waals surface area contributed by atoms with Crippen molar-refractivity contribution in [2.45, 2.75) is 198 Å². The molecule has 0 amide bonds. The van der Waals surface area contributed by atoms with Gasteiger partial charge in [0.2, 0.25) is 0 Å². The van der Waals surface area contributed by atoms with Gasteiger partial charge in [0, 0.05) is 0 Å². The van der Waals surface area contributed by atoms with Gasteiger partial charge in [0.25, 0.3) is 0 Å². The molecule has 0 saturated carbocycles. The van der Waals surface area contributed by atoms with Crippen LogP contribution in [-0.2, 0) is 29.1 Å². The largest absolute Gasteiger partial charge is 6.00 e. The van der Waals surface area contributed by atoms with E-state index in [-0.39, 0.29) is 64.8 Å². The first-order valence-corrected chi connectivity index (χ1v) is 15.3. The maximum atomic E-state index is 7.75. The standard InChI is InChI=1S/2C16H34N2.2CHO.Ru/c2*1-10-14(4,5)13(17-15(6,7)11-2)18-16(8,9)12-3;2*1-2;/h2*13H,10-12H2,1-9H3;2*1H;/q2*-2;2*-1;+6. The van der Waals surface area contributed by atoms with Gasteiger partial charge in [-0.25, -0.2) is 12.3 Å². The van der Waals surface area contributed by atoms with E-state index < -0.39 is 0 Å². The van der Waals surface area contributed by atoms with Crippen molar-refractivity contribution in [1.82, 2.24) is 0 Å². The van der Waals surface area contributed by atoms with Crippen LogP contribution in [-0.4, -0.2) is 48.1 Å². The molecule has 0 aromatic heterocycles. The molecule has 0 unspecified atom stereocenters. The summed E-state index contributed by atoms with van der Waals surface area (Å²) in [6.45, 7) is 46.5. The van der Waals surface area contributed by atoms with E-state index in [0.717, 1.165) is 38.5 Å². The van der Waals surface area contributed by atoms with Crippen LogP contribution in [0, 0.1) is 10.8 Å². The minimum absolute atomic E-state index is 0. The molecule has 0 bridgehead atoms. The normalized spacial score (nSPS) is 12.8. The quantitative estimate of drug-likeness (QED) is 0.0931. The van der Waals surface area contributed by atoms with Crippen molar-refractivity contribution in [2.24, 2.45) is 10.8 Å². The van der Waals surface area contributed by atoms with Gasteiger partial charge < -0.3 is 30.9 Å². The summed E-state index contributed by atoms with van der Waals surface area (Å²) < 4.78 is 0. The van der Waals surface area contributed by atoms with Crippen molar-refractivity contribution in [3.63, 3.8) is 0 Å². The molecule has 0 aromatic rings. The van der Waals surface area contributed by atoms with Gasteiger partial charge in [-0.2, -0.15) is 0 Å². The molecule has 0 aliphatic carbocycles. The van der Waals surface area contributed by atoms with Crippen LogP contribution < -0.4 is 0 Å². The predicted octanol–water partition coefficient (Wildman–Crippen LogP) is 11.2. The average Bonchev–Trinajstić information content (AvgIpc) is 2.90. The molecule has 0 heterocycles. The number of carbonyl (C=O) groups excluding carboxylic acids is 2. The van der Waals surface area contributed by atoms with Crippen LogP contribution in [0.4, 0.5) is 0 Å². The molecule has 0 radical (unpaired) electrons. The van der Waals surface area contributed by atoms with Crippen LogP contribution in [0.5, 0.6) is 0 Å². The van der Waals surface area contributed by atoms with Crippen LogP contribution in [0.15, 0.2) is 0 Å². The second-order valence-corrected chi connectivity index (χ2v) is 14.6. The molecule has 0 atom stereocenters. The van der Waals surface area contributed by atoms with Gasteiger partial charge in [0.15, 0.2) is 0 Å². The summed E-state index contributed by atoms with van der Waals surface area (Å²) in [6.07, 6.45) is 6.63. The van der Waals surface area contributed by atoms with Crippen LogP contribution in [0.2, 0.25) is 0 Å². The Morgan fingerprint density at radius 3 is 0.634 bits per heavy atom. The zero-order chi connectivity index (χ0) is 33.2. The van der Waals surface area contributed by atoms with E-state index in [1.165, 1.54) is 0 Å². The van der Waals surface area contributed by atoms with Gasteiger partial charge in [0.1, 0.15) is 0 Å². The maximum absolute atomic E-state index is 7.75. The van der Waals surface area contributed by atoms with Crippen molar-refractivity contribution in [1.29, 1.82) is 0 Å². The Morgan fingerprint density at radius 2 is 0.537 bits per heavy atom. The van der Waals surface area contributed by atoms with E-state index in [0.29, 0.717) is 0 Å². The van der Waals surface area contributed by atoms with Crippen molar-refractivity contribution in [3.8, 4) is 0 Å². The number of nitrogens with zero attached hydrogens (tertiary/aromatic N) is 4. The Kier molecular flexibility index (Phi) is 27.5.